The summed E-state index contributed by atoms with van der Waals surface area (Å²) in [5.74, 6) is 0.162. The largest absolute Gasteiger partial charge is 0.354 e. The molecule has 3 aromatic rings. The van der Waals surface area contributed by atoms with Crippen molar-refractivity contribution >= 4 is 30.7 Å². The molecule has 3 N–H and O–H groups in total. The summed E-state index contributed by atoms with van der Waals surface area (Å²) in [6.07, 6.45) is 5.13. The summed E-state index contributed by atoms with van der Waals surface area (Å²) < 4.78 is 2.01. The van der Waals surface area contributed by atoms with Gasteiger partial charge < -0.3 is 15.6 Å². The average molecular weight is 449 g/mol. The number of aromatic nitrogens is 2. The lowest BCUT2D eigenvalue weighted by molar-refractivity contribution is -0.122. The summed E-state index contributed by atoms with van der Waals surface area (Å²) in [5.41, 5.74) is 9.39. The number of benzene rings is 2. The monoisotopic (exact) mass is 448 g/mol. The van der Waals surface area contributed by atoms with Gasteiger partial charge in [0.25, 0.3) is 0 Å². The number of nitrogens with two attached hydrogens (primary N) is 1. The van der Waals surface area contributed by atoms with E-state index >= 15 is 0 Å². The Bertz CT molecular complexity index is 871. The van der Waals surface area contributed by atoms with E-state index in [0.29, 0.717) is 18.9 Å². The second kappa shape index (κ2) is 13.1. The molecule has 1 heterocycles. The Morgan fingerprint density at radius 1 is 1.07 bits per heavy atom. The quantitative estimate of drug-likeness (QED) is 0.520. The topological polar surface area (TPSA) is 72.9 Å². The van der Waals surface area contributed by atoms with Gasteiger partial charge in [0.1, 0.15) is 0 Å². The molecule has 2 atom stereocenters. The Hall–Kier alpha value is -2.34. The molecule has 162 valence electrons. The van der Waals surface area contributed by atoms with E-state index in [2.05, 4.69) is 41.5 Å². The second-order valence-corrected chi connectivity index (χ2v) is 7.09. The van der Waals surface area contributed by atoms with E-state index in [1.54, 1.807) is 6.33 Å². The Morgan fingerprint density at radius 2 is 1.70 bits per heavy atom. The molecule has 0 aliphatic heterocycles. The van der Waals surface area contributed by atoms with Crippen LogP contribution in [0.25, 0.3) is 0 Å². The second-order valence-electron chi connectivity index (χ2n) is 7.09. The number of imidazole rings is 1. The maximum atomic E-state index is 12.4. The van der Waals surface area contributed by atoms with Crippen molar-refractivity contribution in [1.82, 2.24) is 14.9 Å². The Morgan fingerprint density at radius 3 is 2.33 bits per heavy atom. The summed E-state index contributed by atoms with van der Waals surface area (Å²) in [5, 5.41) is 3.00. The van der Waals surface area contributed by atoms with Gasteiger partial charge in [-0.15, -0.1) is 24.8 Å². The van der Waals surface area contributed by atoms with Crippen LogP contribution in [0, 0.1) is 0 Å². The molecule has 2 aromatic carbocycles. The SMILES string of the molecule is CCC(CNC(=O)[C@@H](N)Cc1cn(Cc2ccccc2)cn1)c1ccccc1.Cl.Cl. The van der Waals surface area contributed by atoms with E-state index < -0.39 is 6.04 Å². The predicted octanol–water partition coefficient (Wildman–Crippen LogP) is 3.95. The number of hydrogen-bond donors (Lipinski definition) is 2. The third-order valence-corrected chi connectivity index (χ3v) is 4.95. The molecule has 0 spiro atoms. The Labute approximate surface area is 190 Å². The first kappa shape index (κ1) is 25.7. The molecule has 0 bridgehead atoms. The standard InChI is InChI=1S/C23H28N4O.2ClH/c1-2-19(20-11-7-4-8-12-20)14-25-23(28)22(24)13-21-16-27(17-26-21)15-18-9-5-3-6-10-18;;/h3-12,16-17,19,22H,2,13-15,24H2,1H3,(H,25,28);2*1H/t19?,22-;;/m0../s1. The molecular weight excluding hydrogens is 419 g/mol. The van der Waals surface area contributed by atoms with Gasteiger partial charge in [-0.05, 0) is 17.5 Å². The number of halogens is 2. The number of hydrogen-bond acceptors (Lipinski definition) is 3. The minimum Gasteiger partial charge on any atom is -0.354 e. The van der Waals surface area contributed by atoms with E-state index in [0.717, 1.165) is 18.7 Å². The molecule has 3 rings (SSSR count). The lowest BCUT2D eigenvalue weighted by atomic mass is 9.96. The third kappa shape index (κ3) is 7.48. The van der Waals surface area contributed by atoms with Gasteiger partial charge in [0.05, 0.1) is 18.1 Å². The van der Waals surface area contributed by atoms with Crippen LogP contribution in [0.15, 0.2) is 73.2 Å². The van der Waals surface area contributed by atoms with Crippen LogP contribution in [0.4, 0.5) is 0 Å². The maximum absolute atomic E-state index is 12.4. The Kier molecular flexibility index (Phi) is 11.2. The van der Waals surface area contributed by atoms with E-state index in [1.807, 2.05) is 47.2 Å². The van der Waals surface area contributed by atoms with Gasteiger partial charge in [0.2, 0.25) is 5.91 Å². The molecule has 1 amide bonds. The van der Waals surface area contributed by atoms with Gasteiger partial charge in [-0.25, -0.2) is 4.98 Å². The molecular formula is C23H30Cl2N4O. The van der Waals surface area contributed by atoms with Crippen molar-refractivity contribution in [3.05, 3.63) is 90.0 Å². The van der Waals surface area contributed by atoms with Crippen LogP contribution in [0.5, 0.6) is 0 Å². The van der Waals surface area contributed by atoms with Gasteiger partial charge >= 0.3 is 0 Å². The highest BCUT2D eigenvalue weighted by atomic mass is 35.5. The van der Waals surface area contributed by atoms with Crippen LogP contribution < -0.4 is 11.1 Å². The van der Waals surface area contributed by atoms with Crippen molar-refractivity contribution in [3.8, 4) is 0 Å². The fourth-order valence-electron chi connectivity index (χ4n) is 3.29. The maximum Gasteiger partial charge on any atom is 0.237 e. The first-order valence-corrected chi connectivity index (χ1v) is 9.78. The first-order chi connectivity index (χ1) is 13.7. The van der Waals surface area contributed by atoms with Gasteiger partial charge in [0, 0.05) is 31.6 Å². The zero-order valence-electron chi connectivity index (χ0n) is 17.1. The summed E-state index contributed by atoms with van der Waals surface area (Å²) in [7, 11) is 0. The molecule has 30 heavy (non-hydrogen) atoms. The van der Waals surface area contributed by atoms with Gasteiger partial charge in [-0.1, -0.05) is 67.6 Å². The minimum absolute atomic E-state index is 0. The summed E-state index contributed by atoms with van der Waals surface area (Å²) in [6.45, 7) is 3.48. The highest BCUT2D eigenvalue weighted by Gasteiger charge is 2.17. The summed E-state index contributed by atoms with van der Waals surface area (Å²) in [6, 6.07) is 19.8. The van der Waals surface area contributed by atoms with Crippen molar-refractivity contribution < 1.29 is 4.79 Å². The molecule has 0 saturated heterocycles. The molecule has 1 unspecified atom stereocenters. The number of amides is 1. The highest BCUT2D eigenvalue weighted by molar-refractivity contribution is 5.85. The smallest absolute Gasteiger partial charge is 0.237 e. The van der Waals surface area contributed by atoms with Crippen LogP contribution in [-0.2, 0) is 17.8 Å². The number of carbonyl (C=O) groups is 1. The fraction of sp³-hybridized carbons (Fsp3) is 0.304. The normalized spacial score (nSPS) is 12.2. The van der Waals surface area contributed by atoms with E-state index in [1.165, 1.54) is 11.1 Å². The Balaban J connectivity index is 0.00000225. The van der Waals surface area contributed by atoms with Gasteiger partial charge in [-0.2, -0.15) is 0 Å². The van der Waals surface area contributed by atoms with Crippen molar-refractivity contribution in [1.29, 1.82) is 0 Å². The fourth-order valence-corrected chi connectivity index (χ4v) is 3.29. The molecule has 0 radical (unpaired) electrons. The summed E-state index contributed by atoms with van der Waals surface area (Å²) >= 11 is 0. The lowest BCUT2D eigenvalue weighted by Gasteiger charge is -2.18. The molecule has 7 heteroatoms. The lowest BCUT2D eigenvalue weighted by Crippen LogP contribution is -2.43. The molecule has 0 saturated carbocycles. The molecule has 5 nitrogen and oxygen atoms in total. The third-order valence-electron chi connectivity index (χ3n) is 4.95. The minimum atomic E-state index is -0.603. The average Bonchev–Trinajstić information content (AvgIpc) is 3.16. The number of nitrogens with zero attached hydrogens (tertiary/aromatic N) is 2. The van der Waals surface area contributed by atoms with Crippen LogP contribution in [0.2, 0.25) is 0 Å². The zero-order chi connectivity index (χ0) is 19.8. The molecule has 0 aliphatic rings. The van der Waals surface area contributed by atoms with Gasteiger partial charge in [0.15, 0.2) is 0 Å². The van der Waals surface area contributed by atoms with Crippen molar-refractivity contribution in [2.75, 3.05) is 6.54 Å². The van der Waals surface area contributed by atoms with Crippen molar-refractivity contribution in [2.24, 2.45) is 5.73 Å². The van der Waals surface area contributed by atoms with Gasteiger partial charge in [-0.3, -0.25) is 4.79 Å². The van der Waals surface area contributed by atoms with E-state index in [9.17, 15) is 4.79 Å². The first-order valence-electron chi connectivity index (χ1n) is 9.78. The molecule has 1 aromatic heterocycles. The number of rotatable bonds is 9. The van der Waals surface area contributed by atoms with E-state index in [-0.39, 0.29) is 30.7 Å². The number of carbonyl (C=O) groups excluding carboxylic acids is 1. The zero-order valence-corrected chi connectivity index (χ0v) is 18.7. The summed E-state index contributed by atoms with van der Waals surface area (Å²) in [4.78, 5) is 16.8. The van der Waals surface area contributed by atoms with Crippen LogP contribution in [0.1, 0.15) is 36.1 Å². The predicted molar refractivity (Wildman–Crippen MR) is 126 cm³/mol. The van der Waals surface area contributed by atoms with Crippen LogP contribution in [0.3, 0.4) is 0 Å². The van der Waals surface area contributed by atoms with Crippen molar-refractivity contribution in [2.45, 2.75) is 38.3 Å². The molecule has 0 fully saturated rings. The van der Waals surface area contributed by atoms with E-state index in [4.69, 9.17) is 5.73 Å². The van der Waals surface area contributed by atoms with Crippen LogP contribution >= 0.6 is 24.8 Å². The highest BCUT2D eigenvalue weighted by Crippen LogP contribution is 2.18. The molecule has 0 aliphatic carbocycles. The van der Waals surface area contributed by atoms with Crippen molar-refractivity contribution in [3.63, 3.8) is 0 Å². The number of nitrogens with one attached hydrogen (secondary N) is 1. The van der Waals surface area contributed by atoms with Crippen LogP contribution in [-0.4, -0.2) is 28.0 Å².